The molecule has 0 N–H and O–H groups in total. The number of aryl methyl sites for hydroxylation is 1. The van der Waals surface area contributed by atoms with E-state index in [0.29, 0.717) is 11.3 Å². The standard InChI is InChI=1S/C23H18O7/c1-12(2)23(26)29-15-5-7-17-18(9-15)27-11-20(22(17)25)28-14-4-6-16-13(3)8-21(24)30-19(16)10-14/h4-12H,1-3H3. The van der Waals surface area contributed by atoms with Gasteiger partial charge in [0.15, 0.2) is 0 Å². The Morgan fingerprint density at radius 3 is 2.40 bits per heavy atom. The summed E-state index contributed by atoms with van der Waals surface area (Å²) in [6.07, 6.45) is 1.19. The lowest BCUT2D eigenvalue weighted by molar-refractivity contribution is -0.137. The maximum absolute atomic E-state index is 12.8. The van der Waals surface area contributed by atoms with Gasteiger partial charge in [0, 0.05) is 23.6 Å². The lowest BCUT2D eigenvalue weighted by Crippen LogP contribution is -2.14. The van der Waals surface area contributed by atoms with Crippen LogP contribution in [0.25, 0.3) is 21.9 Å². The molecule has 4 aromatic rings. The highest BCUT2D eigenvalue weighted by Crippen LogP contribution is 2.27. The molecule has 2 aromatic heterocycles. The van der Waals surface area contributed by atoms with Crippen LogP contribution < -0.4 is 20.5 Å². The summed E-state index contributed by atoms with van der Waals surface area (Å²) >= 11 is 0. The average Bonchev–Trinajstić information content (AvgIpc) is 2.69. The Bertz CT molecular complexity index is 1390. The highest BCUT2D eigenvalue weighted by molar-refractivity contribution is 5.82. The van der Waals surface area contributed by atoms with Gasteiger partial charge in [-0.3, -0.25) is 9.59 Å². The van der Waals surface area contributed by atoms with E-state index in [2.05, 4.69) is 0 Å². The monoisotopic (exact) mass is 406 g/mol. The quantitative estimate of drug-likeness (QED) is 0.278. The van der Waals surface area contributed by atoms with Crippen LogP contribution >= 0.6 is 0 Å². The largest absolute Gasteiger partial charge is 0.460 e. The molecule has 0 bridgehead atoms. The minimum absolute atomic E-state index is 0.0243. The molecule has 0 saturated heterocycles. The van der Waals surface area contributed by atoms with Crippen LogP contribution in [-0.4, -0.2) is 5.97 Å². The van der Waals surface area contributed by atoms with Crippen molar-refractivity contribution in [2.45, 2.75) is 20.8 Å². The zero-order chi connectivity index (χ0) is 21.4. The van der Waals surface area contributed by atoms with Crippen molar-refractivity contribution in [3.8, 4) is 17.2 Å². The number of hydrogen-bond donors (Lipinski definition) is 0. The molecule has 0 atom stereocenters. The van der Waals surface area contributed by atoms with Crippen molar-refractivity contribution in [3.63, 3.8) is 0 Å². The van der Waals surface area contributed by atoms with Gasteiger partial charge in [0.05, 0.1) is 11.3 Å². The van der Waals surface area contributed by atoms with Crippen LogP contribution in [0.1, 0.15) is 19.4 Å². The topological polar surface area (TPSA) is 95.9 Å². The van der Waals surface area contributed by atoms with E-state index in [1.807, 2.05) is 6.92 Å². The van der Waals surface area contributed by atoms with Gasteiger partial charge < -0.3 is 18.3 Å². The fourth-order valence-electron chi connectivity index (χ4n) is 2.95. The Hall–Kier alpha value is -3.87. The number of rotatable bonds is 4. The maximum atomic E-state index is 12.8. The fraction of sp³-hybridized carbons (Fsp3) is 0.174. The number of esters is 1. The lowest BCUT2D eigenvalue weighted by Gasteiger charge is -2.09. The number of carbonyl (C=O) groups excluding carboxylic acids is 1. The lowest BCUT2D eigenvalue weighted by atomic mass is 10.1. The molecule has 0 amide bonds. The smallest absolute Gasteiger partial charge is 0.336 e. The predicted molar refractivity (Wildman–Crippen MR) is 110 cm³/mol. The molecule has 0 radical (unpaired) electrons. The molecule has 30 heavy (non-hydrogen) atoms. The Morgan fingerprint density at radius 1 is 0.933 bits per heavy atom. The Morgan fingerprint density at radius 2 is 1.63 bits per heavy atom. The normalized spacial score (nSPS) is 11.2. The molecule has 0 unspecified atom stereocenters. The molecule has 7 nitrogen and oxygen atoms in total. The van der Waals surface area contributed by atoms with E-state index in [1.54, 1.807) is 32.0 Å². The first-order chi connectivity index (χ1) is 14.3. The molecule has 0 fully saturated rings. The summed E-state index contributed by atoms with van der Waals surface area (Å²) < 4.78 is 21.6. The van der Waals surface area contributed by atoms with Crippen molar-refractivity contribution in [1.82, 2.24) is 0 Å². The third-order valence-electron chi connectivity index (χ3n) is 4.55. The first-order valence-corrected chi connectivity index (χ1v) is 9.31. The summed E-state index contributed by atoms with van der Waals surface area (Å²) in [7, 11) is 0. The van der Waals surface area contributed by atoms with Crippen molar-refractivity contribution in [3.05, 3.63) is 74.9 Å². The predicted octanol–water partition coefficient (Wildman–Crippen LogP) is 4.56. The number of fused-ring (bicyclic) bond motifs is 2. The van der Waals surface area contributed by atoms with Crippen LogP contribution in [0.3, 0.4) is 0 Å². The molecule has 2 heterocycles. The summed E-state index contributed by atoms with van der Waals surface area (Å²) in [5, 5.41) is 1.05. The van der Waals surface area contributed by atoms with E-state index in [1.165, 1.54) is 30.5 Å². The molecule has 4 rings (SSSR count). The zero-order valence-electron chi connectivity index (χ0n) is 16.6. The molecule has 0 aliphatic rings. The SMILES string of the molecule is Cc1cc(=O)oc2cc(Oc3coc4cc(OC(=O)C(C)C)ccc4c3=O)ccc12. The maximum Gasteiger partial charge on any atom is 0.336 e. The van der Waals surface area contributed by atoms with E-state index in [0.717, 1.165) is 10.9 Å². The van der Waals surface area contributed by atoms with E-state index in [4.69, 9.17) is 18.3 Å². The van der Waals surface area contributed by atoms with Crippen LogP contribution in [0.2, 0.25) is 0 Å². The third kappa shape index (κ3) is 3.69. The van der Waals surface area contributed by atoms with Crippen LogP contribution in [0.15, 0.2) is 67.2 Å². The molecule has 7 heteroatoms. The van der Waals surface area contributed by atoms with Gasteiger partial charge >= 0.3 is 11.6 Å². The average molecular weight is 406 g/mol. The molecule has 0 saturated carbocycles. The van der Waals surface area contributed by atoms with Crippen molar-refractivity contribution >= 4 is 27.9 Å². The first kappa shape index (κ1) is 19.4. The van der Waals surface area contributed by atoms with E-state index in [-0.39, 0.29) is 39.8 Å². The Kier molecular flexibility index (Phi) is 4.87. The second kappa shape index (κ2) is 7.51. The van der Waals surface area contributed by atoms with Gasteiger partial charge in [-0.25, -0.2) is 4.79 Å². The van der Waals surface area contributed by atoms with Gasteiger partial charge in [-0.15, -0.1) is 0 Å². The molecular formula is C23H18O7. The van der Waals surface area contributed by atoms with Gasteiger partial charge in [-0.1, -0.05) is 13.8 Å². The molecule has 0 aliphatic carbocycles. The van der Waals surface area contributed by atoms with Crippen LogP contribution in [0.5, 0.6) is 17.2 Å². The summed E-state index contributed by atoms with van der Waals surface area (Å²) in [4.78, 5) is 36.1. The summed E-state index contributed by atoms with van der Waals surface area (Å²) in [5.74, 6) is -0.0689. The molecule has 0 spiro atoms. The van der Waals surface area contributed by atoms with Gasteiger partial charge in [0.1, 0.15) is 28.9 Å². The van der Waals surface area contributed by atoms with Gasteiger partial charge in [0.25, 0.3) is 0 Å². The minimum atomic E-state index is -0.462. The number of ether oxygens (including phenoxy) is 2. The molecule has 0 aliphatic heterocycles. The van der Waals surface area contributed by atoms with Gasteiger partial charge in [-0.2, -0.15) is 0 Å². The fourth-order valence-corrected chi connectivity index (χ4v) is 2.95. The van der Waals surface area contributed by atoms with E-state index < -0.39 is 5.63 Å². The van der Waals surface area contributed by atoms with Crippen molar-refractivity contribution in [1.29, 1.82) is 0 Å². The number of benzene rings is 2. The van der Waals surface area contributed by atoms with Crippen molar-refractivity contribution < 1.29 is 23.1 Å². The van der Waals surface area contributed by atoms with Crippen molar-refractivity contribution in [2.75, 3.05) is 0 Å². The highest BCUT2D eigenvalue weighted by atomic mass is 16.5. The van der Waals surface area contributed by atoms with Gasteiger partial charge in [-0.05, 0) is 36.8 Å². The zero-order valence-corrected chi connectivity index (χ0v) is 16.6. The van der Waals surface area contributed by atoms with Crippen molar-refractivity contribution in [2.24, 2.45) is 5.92 Å². The number of carbonyl (C=O) groups is 1. The minimum Gasteiger partial charge on any atom is -0.460 e. The molecule has 152 valence electrons. The molecular weight excluding hydrogens is 388 g/mol. The molecule has 2 aromatic carbocycles. The van der Waals surface area contributed by atoms with Gasteiger partial charge in [0.2, 0.25) is 11.2 Å². The second-order valence-corrected chi connectivity index (χ2v) is 7.17. The number of hydrogen-bond acceptors (Lipinski definition) is 7. The second-order valence-electron chi connectivity index (χ2n) is 7.17. The first-order valence-electron chi connectivity index (χ1n) is 9.31. The third-order valence-corrected chi connectivity index (χ3v) is 4.55. The highest BCUT2D eigenvalue weighted by Gasteiger charge is 2.14. The Labute approximate surface area is 170 Å². The van der Waals surface area contributed by atoms with E-state index in [9.17, 15) is 14.4 Å². The van der Waals surface area contributed by atoms with Crippen LogP contribution in [0.4, 0.5) is 0 Å². The summed E-state index contributed by atoms with van der Waals surface area (Å²) in [5.41, 5.74) is 0.563. The summed E-state index contributed by atoms with van der Waals surface area (Å²) in [6.45, 7) is 5.27. The van der Waals surface area contributed by atoms with Crippen LogP contribution in [0, 0.1) is 12.8 Å². The summed E-state index contributed by atoms with van der Waals surface area (Å²) in [6, 6.07) is 10.9. The van der Waals surface area contributed by atoms with E-state index >= 15 is 0 Å². The van der Waals surface area contributed by atoms with Crippen LogP contribution in [-0.2, 0) is 4.79 Å². The Balaban J connectivity index is 1.67.